The van der Waals surface area contributed by atoms with Gasteiger partial charge in [0.1, 0.15) is 0 Å². The summed E-state index contributed by atoms with van der Waals surface area (Å²) in [4.78, 5) is 0. The van der Waals surface area contributed by atoms with Crippen molar-refractivity contribution in [2.45, 2.75) is 84.7 Å². The van der Waals surface area contributed by atoms with Crippen LogP contribution in [0.25, 0.3) is 22.3 Å². The Balaban J connectivity index is 1.37. The summed E-state index contributed by atoms with van der Waals surface area (Å²) in [5.41, 5.74) is 6.71. The highest BCUT2D eigenvalue weighted by atomic mass is 16.7. The van der Waals surface area contributed by atoms with Gasteiger partial charge in [-0.3, -0.25) is 0 Å². The molecule has 5 rings (SSSR count). The molecule has 3 aromatic rings. The SMILES string of the molecule is Cc1c(-c2ccc(B3OC(C)(C)C(C)(C)O3)cc2)cccc1-c1ccc(B2OC(C)(C)C(C)(C)O2)cc1. The number of hydrogen-bond acceptors (Lipinski definition) is 4. The topological polar surface area (TPSA) is 36.9 Å². The van der Waals surface area contributed by atoms with Crippen LogP contribution in [-0.4, -0.2) is 36.6 Å². The predicted molar refractivity (Wildman–Crippen MR) is 153 cm³/mol. The Bertz CT molecular complexity index is 1160. The molecule has 2 aliphatic rings. The fourth-order valence-corrected chi connectivity index (χ4v) is 4.86. The highest BCUT2D eigenvalue weighted by Gasteiger charge is 2.52. The summed E-state index contributed by atoms with van der Waals surface area (Å²) >= 11 is 0. The zero-order valence-corrected chi connectivity index (χ0v) is 23.6. The summed E-state index contributed by atoms with van der Waals surface area (Å²) in [6.45, 7) is 18.8. The van der Waals surface area contributed by atoms with E-state index in [1.807, 2.05) is 0 Å². The van der Waals surface area contributed by atoms with Crippen LogP contribution in [0.15, 0.2) is 66.7 Å². The average Bonchev–Trinajstić information content (AvgIpc) is 3.19. The molecule has 0 saturated carbocycles. The monoisotopic (exact) mass is 496 g/mol. The molecule has 0 bridgehead atoms. The van der Waals surface area contributed by atoms with Crippen LogP contribution in [-0.2, 0) is 18.6 Å². The van der Waals surface area contributed by atoms with E-state index in [1.165, 1.54) is 27.8 Å². The first-order chi connectivity index (χ1) is 17.2. The van der Waals surface area contributed by atoms with Crippen molar-refractivity contribution >= 4 is 25.2 Å². The lowest BCUT2D eigenvalue weighted by Gasteiger charge is -2.32. The van der Waals surface area contributed by atoms with E-state index in [0.29, 0.717) is 0 Å². The highest BCUT2D eigenvalue weighted by molar-refractivity contribution is 6.62. The van der Waals surface area contributed by atoms with Gasteiger partial charge in [-0.15, -0.1) is 0 Å². The van der Waals surface area contributed by atoms with Crippen molar-refractivity contribution < 1.29 is 18.6 Å². The molecule has 0 aromatic heterocycles. The van der Waals surface area contributed by atoms with Crippen LogP contribution in [0.3, 0.4) is 0 Å². The van der Waals surface area contributed by atoms with Gasteiger partial charge in [0.25, 0.3) is 0 Å². The summed E-state index contributed by atoms with van der Waals surface area (Å²) < 4.78 is 24.9. The zero-order chi connectivity index (χ0) is 26.8. The van der Waals surface area contributed by atoms with Crippen molar-refractivity contribution in [3.63, 3.8) is 0 Å². The molecule has 2 saturated heterocycles. The maximum Gasteiger partial charge on any atom is 0.494 e. The lowest BCUT2D eigenvalue weighted by Crippen LogP contribution is -2.41. The molecule has 0 N–H and O–H groups in total. The molecule has 0 radical (unpaired) electrons. The van der Waals surface area contributed by atoms with Gasteiger partial charge < -0.3 is 18.6 Å². The van der Waals surface area contributed by atoms with Gasteiger partial charge in [-0.2, -0.15) is 0 Å². The summed E-state index contributed by atoms with van der Waals surface area (Å²) in [5.74, 6) is 0. The van der Waals surface area contributed by atoms with E-state index < -0.39 is 0 Å². The van der Waals surface area contributed by atoms with Crippen LogP contribution in [0.4, 0.5) is 0 Å². The van der Waals surface area contributed by atoms with E-state index >= 15 is 0 Å². The molecule has 0 aliphatic carbocycles. The first-order valence-corrected chi connectivity index (χ1v) is 13.2. The Morgan fingerprint density at radius 3 is 1.05 bits per heavy atom. The first kappa shape index (κ1) is 26.2. The Hall–Kier alpha value is -2.37. The third-order valence-corrected chi connectivity index (χ3v) is 8.83. The molecule has 37 heavy (non-hydrogen) atoms. The molecule has 192 valence electrons. The lowest BCUT2D eigenvalue weighted by molar-refractivity contribution is 0.00578. The van der Waals surface area contributed by atoms with Crippen molar-refractivity contribution in [3.05, 3.63) is 72.3 Å². The molecule has 0 amide bonds. The van der Waals surface area contributed by atoms with E-state index in [4.69, 9.17) is 18.6 Å². The molecule has 2 fully saturated rings. The highest BCUT2D eigenvalue weighted by Crippen LogP contribution is 2.38. The van der Waals surface area contributed by atoms with Crippen molar-refractivity contribution in [1.82, 2.24) is 0 Å². The van der Waals surface area contributed by atoms with Crippen LogP contribution >= 0.6 is 0 Å². The predicted octanol–water partition coefficient (Wildman–Crippen LogP) is 5.93. The molecule has 0 spiro atoms. The standard InChI is InChI=1S/C31H38B2O4/c1-21-26(22-13-17-24(18-14-22)32-34-28(2,3)29(4,5)35-32)11-10-12-27(21)23-15-19-25(20-16-23)33-36-30(6,7)31(8,9)37-33/h10-20H,1-9H3. The Morgan fingerprint density at radius 2 is 0.757 bits per heavy atom. The maximum atomic E-state index is 6.23. The van der Waals surface area contributed by atoms with Crippen molar-refractivity contribution in [2.75, 3.05) is 0 Å². The van der Waals surface area contributed by atoms with Crippen molar-refractivity contribution in [2.24, 2.45) is 0 Å². The molecule has 6 heteroatoms. The van der Waals surface area contributed by atoms with Crippen LogP contribution in [0.5, 0.6) is 0 Å². The Morgan fingerprint density at radius 1 is 0.459 bits per heavy atom. The maximum absolute atomic E-state index is 6.23. The molecule has 3 aromatic carbocycles. The van der Waals surface area contributed by atoms with E-state index in [2.05, 4.69) is 129 Å². The second-order valence-electron chi connectivity index (χ2n) is 12.4. The normalized spacial score (nSPS) is 21.4. The largest absolute Gasteiger partial charge is 0.494 e. The molecule has 2 heterocycles. The number of hydrogen-bond donors (Lipinski definition) is 0. The van der Waals surface area contributed by atoms with Gasteiger partial charge in [0.2, 0.25) is 0 Å². The Kier molecular flexibility index (Phi) is 6.27. The van der Waals surface area contributed by atoms with Crippen LogP contribution in [0, 0.1) is 6.92 Å². The van der Waals surface area contributed by atoms with Gasteiger partial charge in [0, 0.05) is 0 Å². The first-order valence-electron chi connectivity index (χ1n) is 13.2. The van der Waals surface area contributed by atoms with Crippen molar-refractivity contribution in [3.8, 4) is 22.3 Å². The van der Waals surface area contributed by atoms with Gasteiger partial charge in [0.15, 0.2) is 0 Å². The van der Waals surface area contributed by atoms with Gasteiger partial charge in [-0.25, -0.2) is 0 Å². The third kappa shape index (κ3) is 4.59. The van der Waals surface area contributed by atoms with E-state index in [1.54, 1.807) is 0 Å². The van der Waals surface area contributed by atoms with Crippen LogP contribution < -0.4 is 10.9 Å². The molecule has 0 unspecified atom stereocenters. The smallest absolute Gasteiger partial charge is 0.399 e. The second kappa shape index (κ2) is 8.84. The van der Waals surface area contributed by atoms with Crippen LogP contribution in [0.2, 0.25) is 0 Å². The zero-order valence-electron chi connectivity index (χ0n) is 23.6. The third-order valence-electron chi connectivity index (χ3n) is 8.83. The van der Waals surface area contributed by atoms with Gasteiger partial charge >= 0.3 is 14.2 Å². The van der Waals surface area contributed by atoms with Gasteiger partial charge in [-0.05, 0) is 101 Å². The molecular weight excluding hydrogens is 458 g/mol. The fraction of sp³-hybridized carbons (Fsp3) is 0.419. The number of rotatable bonds is 4. The minimum atomic E-state index is -0.353. The summed E-state index contributed by atoms with van der Waals surface area (Å²) in [6, 6.07) is 23.6. The lowest BCUT2D eigenvalue weighted by atomic mass is 9.78. The Labute approximate surface area is 223 Å². The quantitative estimate of drug-likeness (QED) is 0.420. The molecule has 2 aliphatic heterocycles. The van der Waals surface area contributed by atoms with Crippen LogP contribution in [0.1, 0.15) is 61.0 Å². The fourth-order valence-electron chi connectivity index (χ4n) is 4.86. The molecule has 4 nitrogen and oxygen atoms in total. The van der Waals surface area contributed by atoms with E-state index in [-0.39, 0.29) is 36.6 Å². The summed E-state index contributed by atoms with van der Waals surface area (Å²) in [7, 11) is -0.706. The molecule has 0 atom stereocenters. The average molecular weight is 496 g/mol. The van der Waals surface area contributed by atoms with Gasteiger partial charge in [0.05, 0.1) is 22.4 Å². The van der Waals surface area contributed by atoms with Crippen molar-refractivity contribution in [1.29, 1.82) is 0 Å². The molecular formula is C31H38B2O4. The van der Waals surface area contributed by atoms with E-state index in [9.17, 15) is 0 Å². The second-order valence-corrected chi connectivity index (χ2v) is 12.4. The summed E-state index contributed by atoms with van der Waals surface area (Å²) in [5, 5.41) is 0. The summed E-state index contributed by atoms with van der Waals surface area (Å²) in [6.07, 6.45) is 0. The minimum Gasteiger partial charge on any atom is -0.399 e. The van der Waals surface area contributed by atoms with E-state index in [0.717, 1.165) is 10.9 Å². The minimum absolute atomic E-state index is 0.348. The van der Waals surface area contributed by atoms with Gasteiger partial charge in [-0.1, -0.05) is 66.7 Å². The number of benzene rings is 3.